The molecule has 0 saturated carbocycles. The number of aryl methyl sites for hydroxylation is 1. The monoisotopic (exact) mass is 502 g/mol. The van der Waals surface area contributed by atoms with Gasteiger partial charge >= 0.3 is 11.9 Å². The number of pyridine rings is 1. The molecule has 2 N–H and O–H groups in total. The molecule has 2 aromatic carbocycles. The van der Waals surface area contributed by atoms with Crippen molar-refractivity contribution in [3.8, 4) is 22.7 Å². The summed E-state index contributed by atoms with van der Waals surface area (Å²) in [4.78, 5) is 25.8. The van der Waals surface area contributed by atoms with Gasteiger partial charge in [-0.15, -0.1) is 0 Å². The second-order valence-electron chi connectivity index (χ2n) is 8.51. The fraction of sp³-hybridized carbons (Fsp3) is 0.214. The Hall–Kier alpha value is -4.50. The fourth-order valence-electron chi connectivity index (χ4n) is 3.45. The van der Waals surface area contributed by atoms with Gasteiger partial charge in [-0.25, -0.2) is 19.3 Å². The first kappa shape index (κ1) is 27.1. The molecule has 0 unspecified atom stereocenters. The van der Waals surface area contributed by atoms with Crippen LogP contribution in [0.15, 0.2) is 79.0 Å². The van der Waals surface area contributed by atoms with E-state index in [2.05, 4.69) is 73.4 Å². The zero-order chi connectivity index (χ0) is 26.8. The van der Waals surface area contributed by atoms with E-state index in [9.17, 15) is 9.59 Å². The number of hydrogen-bond acceptors (Lipinski definition) is 6. The molecule has 9 heteroatoms. The van der Waals surface area contributed by atoms with E-state index in [0.717, 1.165) is 46.7 Å². The molecule has 2 aromatic heterocycles. The van der Waals surface area contributed by atoms with E-state index in [1.54, 1.807) is 0 Å². The van der Waals surface area contributed by atoms with Gasteiger partial charge in [-0.05, 0) is 76.0 Å². The second kappa shape index (κ2) is 13.0. The third kappa shape index (κ3) is 8.01. The highest BCUT2D eigenvalue weighted by Crippen LogP contribution is 2.30. The molecule has 9 nitrogen and oxygen atoms in total. The summed E-state index contributed by atoms with van der Waals surface area (Å²) >= 11 is 0. The lowest BCUT2D eigenvalue weighted by molar-refractivity contribution is -0.134. The first-order valence-electron chi connectivity index (χ1n) is 11.7. The Morgan fingerprint density at radius 1 is 0.973 bits per heavy atom. The molecule has 0 amide bonds. The maximum Gasteiger partial charge on any atom is 0.328 e. The topological polar surface area (TPSA) is 118 Å². The lowest BCUT2D eigenvalue weighted by atomic mass is 10.1. The molecule has 4 rings (SSSR count). The maximum absolute atomic E-state index is 9.55. The highest BCUT2D eigenvalue weighted by molar-refractivity contribution is 5.92. The summed E-state index contributed by atoms with van der Waals surface area (Å²) in [5, 5.41) is 21.6. The quantitative estimate of drug-likeness (QED) is 0.255. The van der Waals surface area contributed by atoms with Crippen molar-refractivity contribution in [3.63, 3.8) is 0 Å². The minimum Gasteiger partial charge on any atom is -0.494 e. The number of carbonyl (C=O) groups is 2. The number of ether oxygens (including phenoxy) is 1. The van der Waals surface area contributed by atoms with E-state index in [-0.39, 0.29) is 0 Å². The summed E-state index contributed by atoms with van der Waals surface area (Å²) < 4.78 is 7.77. The van der Waals surface area contributed by atoms with E-state index < -0.39 is 11.9 Å². The number of fused-ring (bicyclic) bond motifs is 1. The van der Waals surface area contributed by atoms with Crippen molar-refractivity contribution in [2.75, 3.05) is 27.2 Å². The van der Waals surface area contributed by atoms with E-state index in [0.29, 0.717) is 18.8 Å². The third-order valence-corrected chi connectivity index (χ3v) is 5.24. The molecule has 0 aliphatic heterocycles. The number of rotatable bonds is 9. The summed E-state index contributed by atoms with van der Waals surface area (Å²) in [5.41, 5.74) is 5.06. The molecule has 0 radical (unpaired) electrons. The molecular weight excluding hydrogens is 472 g/mol. The van der Waals surface area contributed by atoms with Crippen LogP contribution in [0.2, 0.25) is 0 Å². The average Bonchev–Trinajstić information content (AvgIpc) is 3.26. The Bertz CT molecular complexity index is 1340. The minimum absolute atomic E-state index is 0.558. The number of aromatic nitrogens is 3. The summed E-state index contributed by atoms with van der Waals surface area (Å²) in [6.07, 6.45) is 3.93. The molecule has 0 atom stereocenters. The molecular formula is C28H30N4O5. The normalized spacial score (nSPS) is 10.9. The Balaban J connectivity index is 0.000000414. The summed E-state index contributed by atoms with van der Waals surface area (Å²) in [5.74, 6) is -1.63. The van der Waals surface area contributed by atoms with E-state index in [1.807, 2.05) is 29.1 Å². The molecule has 0 spiro atoms. The zero-order valence-electron chi connectivity index (χ0n) is 21.0. The number of carboxylic acid groups (broad SMARTS) is 2. The molecule has 0 aliphatic carbocycles. The van der Waals surface area contributed by atoms with Crippen molar-refractivity contribution < 1.29 is 24.5 Å². The number of carboxylic acids is 2. The van der Waals surface area contributed by atoms with Gasteiger partial charge in [0.15, 0.2) is 5.65 Å². The van der Waals surface area contributed by atoms with Crippen molar-refractivity contribution >= 4 is 23.0 Å². The van der Waals surface area contributed by atoms with Gasteiger partial charge in [-0.3, -0.25) is 0 Å². The Morgan fingerprint density at radius 2 is 1.62 bits per heavy atom. The van der Waals surface area contributed by atoms with Crippen molar-refractivity contribution in [3.05, 3.63) is 84.6 Å². The molecule has 4 aromatic rings. The van der Waals surface area contributed by atoms with Crippen LogP contribution in [-0.2, 0) is 9.59 Å². The van der Waals surface area contributed by atoms with Crippen LogP contribution in [0.4, 0.5) is 0 Å². The average molecular weight is 503 g/mol. The Morgan fingerprint density at radius 3 is 2.22 bits per heavy atom. The standard InChI is InChI=1S/C24H26N4O.C4H4O4/c1-18-7-11-20(12-8-18)28-24-22(6-4-15-25-24)23(26-28)19-9-13-21(14-10-19)29-17-5-16-27(2)3;5-3(6)1-2-4(7)8/h4,6-15H,5,16-17H2,1-3H3;1-2H,(H,5,6)(H,7,8)/b;2-1-. The molecule has 0 fully saturated rings. The van der Waals surface area contributed by atoms with E-state index >= 15 is 0 Å². The predicted molar refractivity (Wildman–Crippen MR) is 142 cm³/mol. The number of aliphatic carboxylic acids is 2. The van der Waals surface area contributed by atoms with Crippen molar-refractivity contribution in [1.29, 1.82) is 0 Å². The molecule has 0 bridgehead atoms. The SMILES string of the molecule is Cc1ccc(-n2nc(-c3ccc(OCCCN(C)C)cc3)c3cccnc32)cc1.O=C(O)/C=C\C(=O)O. The van der Waals surface area contributed by atoms with Crippen LogP contribution < -0.4 is 4.74 Å². The van der Waals surface area contributed by atoms with Crippen LogP contribution in [-0.4, -0.2) is 69.1 Å². The first-order valence-corrected chi connectivity index (χ1v) is 11.7. The second-order valence-corrected chi connectivity index (χ2v) is 8.51. The summed E-state index contributed by atoms with van der Waals surface area (Å²) in [7, 11) is 4.15. The van der Waals surface area contributed by atoms with Gasteiger partial charge in [-0.2, -0.15) is 5.10 Å². The highest BCUT2D eigenvalue weighted by Gasteiger charge is 2.14. The molecule has 192 valence electrons. The van der Waals surface area contributed by atoms with Crippen LogP contribution in [0, 0.1) is 6.92 Å². The van der Waals surface area contributed by atoms with Crippen molar-refractivity contribution in [2.24, 2.45) is 0 Å². The van der Waals surface area contributed by atoms with E-state index in [4.69, 9.17) is 20.0 Å². The van der Waals surface area contributed by atoms with Gasteiger partial charge in [0, 0.05) is 35.8 Å². The third-order valence-electron chi connectivity index (χ3n) is 5.24. The van der Waals surface area contributed by atoms with Gasteiger partial charge in [0.1, 0.15) is 11.4 Å². The fourth-order valence-corrected chi connectivity index (χ4v) is 3.45. The van der Waals surface area contributed by atoms with Gasteiger partial charge < -0.3 is 19.8 Å². The molecule has 0 saturated heterocycles. The van der Waals surface area contributed by atoms with E-state index in [1.165, 1.54) is 5.56 Å². The van der Waals surface area contributed by atoms with Gasteiger partial charge in [0.05, 0.1) is 12.3 Å². The van der Waals surface area contributed by atoms with Crippen LogP contribution in [0.3, 0.4) is 0 Å². The van der Waals surface area contributed by atoms with Crippen molar-refractivity contribution in [2.45, 2.75) is 13.3 Å². The smallest absolute Gasteiger partial charge is 0.328 e. The van der Waals surface area contributed by atoms with Gasteiger partial charge in [0.25, 0.3) is 0 Å². The summed E-state index contributed by atoms with van der Waals surface area (Å²) in [6, 6.07) is 20.5. The molecule has 0 aliphatic rings. The first-order chi connectivity index (χ1) is 17.7. The van der Waals surface area contributed by atoms with Crippen LogP contribution in [0.1, 0.15) is 12.0 Å². The number of hydrogen-bond donors (Lipinski definition) is 2. The van der Waals surface area contributed by atoms with Crippen LogP contribution in [0.25, 0.3) is 28.0 Å². The van der Waals surface area contributed by atoms with Crippen molar-refractivity contribution in [1.82, 2.24) is 19.7 Å². The zero-order valence-corrected chi connectivity index (χ0v) is 21.0. The largest absolute Gasteiger partial charge is 0.494 e. The number of nitrogens with zero attached hydrogens (tertiary/aromatic N) is 4. The predicted octanol–water partition coefficient (Wildman–Crippen LogP) is 4.44. The Kier molecular flexibility index (Phi) is 9.51. The van der Waals surface area contributed by atoms with Crippen LogP contribution in [0.5, 0.6) is 5.75 Å². The Labute approximate surface area is 215 Å². The highest BCUT2D eigenvalue weighted by atomic mass is 16.5. The van der Waals surface area contributed by atoms with Crippen LogP contribution >= 0.6 is 0 Å². The van der Waals surface area contributed by atoms with Gasteiger partial charge in [-0.1, -0.05) is 17.7 Å². The lowest BCUT2D eigenvalue weighted by Gasteiger charge is -2.10. The summed E-state index contributed by atoms with van der Waals surface area (Å²) in [6.45, 7) is 3.82. The number of benzene rings is 2. The minimum atomic E-state index is -1.26. The maximum atomic E-state index is 9.55. The van der Waals surface area contributed by atoms with Gasteiger partial charge in [0.2, 0.25) is 0 Å². The lowest BCUT2D eigenvalue weighted by Crippen LogP contribution is -2.15. The molecule has 2 heterocycles. The molecule has 37 heavy (non-hydrogen) atoms.